The van der Waals surface area contributed by atoms with Crippen LogP contribution in [0.1, 0.15) is 11.8 Å². The number of aromatic nitrogens is 1. The average molecular weight is 207 g/mol. The van der Waals surface area contributed by atoms with E-state index in [2.05, 4.69) is 4.98 Å². The van der Waals surface area contributed by atoms with Gasteiger partial charge in [0.2, 0.25) is 0 Å². The second-order valence-corrected chi connectivity index (χ2v) is 2.57. The molecule has 6 heteroatoms. The highest BCUT2D eigenvalue weighted by molar-refractivity contribution is 5.21. The van der Waals surface area contributed by atoms with Gasteiger partial charge in [0, 0.05) is 0 Å². The maximum atomic E-state index is 12.0. The lowest BCUT2D eigenvalue weighted by atomic mass is 10.2. The third-order valence-corrected chi connectivity index (χ3v) is 1.59. The molecule has 1 aromatic rings. The molecule has 0 bridgehead atoms. The standard InChI is InChI=1S/C8H8F3NO2/c1-14-5-2-3-6(12-4-5)7(13)8(9,10)11/h2-4,7,13H,1H3/t7-/m0/s1. The van der Waals surface area contributed by atoms with Crippen molar-refractivity contribution < 1.29 is 23.0 Å². The maximum Gasteiger partial charge on any atom is 0.420 e. The molecule has 1 rings (SSSR count). The van der Waals surface area contributed by atoms with Crippen LogP contribution in [0.5, 0.6) is 5.75 Å². The Morgan fingerprint density at radius 2 is 2.07 bits per heavy atom. The van der Waals surface area contributed by atoms with Gasteiger partial charge in [-0.1, -0.05) is 0 Å². The number of methoxy groups -OCH3 is 1. The Labute approximate surface area is 78.2 Å². The van der Waals surface area contributed by atoms with Crippen molar-refractivity contribution in [3.8, 4) is 5.75 Å². The summed E-state index contributed by atoms with van der Waals surface area (Å²) in [5, 5.41) is 8.79. The number of hydrogen-bond donors (Lipinski definition) is 1. The quantitative estimate of drug-likeness (QED) is 0.802. The third-order valence-electron chi connectivity index (χ3n) is 1.59. The summed E-state index contributed by atoms with van der Waals surface area (Å²) in [5.74, 6) is 0.336. The number of hydrogen-bond acceptors (Lipinski definition) is 3. The van der Waals surface area contributed by atoms with Crippen molar-refractivity contribution in [1.82, 2.24) is 4.98 Å². The summed E-state index contributed by atoms with van der Waals surface area (Å²) in [6, 6.07) is 2.37. The first-order valence-corrected chi connectivity index (χ1v) is 3.70. The monoisotopic (exact) mass is 207 g/mol. The molecule has 0 aromatic carbocycles. The number of nitrogens with zero attached hydrogens (tertiary/aromatic N) is 1. The lowest BCUT2D eigenvalue weighted by Crippen LogP contribution is -2.21. The molecule has 0 fully saturated rings. The normalized spacial score (nSPS) is 13.8. The van der Waals surface area contributed by atoms with Crippen LogP contribution in [-0.4, -0.2) is 23.4 Å². The van der Waals surface area contributed by atoms with E-state index in [1.54, 1.807) is 0 Å². The van der Waals surface area contributed by atoms with Gasteiger partial charge in [-0.05, 0) is 12.1 Å². The molecule has 0 unspecified atom stereocenters. The topological polar surface area (TPSA) is 42.4 Å². The van der Waals surface area contributed by atoms with Crippen LogP contribution >= 0.6 is 0 Å². The van der Waals surface area contributed by atoms with E-state index in [1.165, 1.54) is 13.2 Å². The highest BCUT2D eigenvalue weighted by Gasteiger charge is 2.40. The number of rotatable bonds is 2. The molecule has 78 valence electrons. The molecule has 1 heterocycles. The Kier molecular flexibility index (Phi) is 2.95. The first-order chi connectivity index (χ1) is 6.45. The molecular formula is C8H8F3NO2. The van der Waals surface area contributed by atoms with Crippen molar-refractivity contribution in [1.29, 1.82) is 0 Å². The van der Waals surface area contributed by atoms with E-state index in [0.717, 1.165) is 12.3 Å². The van der Waals surface area contributed by atoms with E-state index in [4.69, 9.17) is 9.84 Å². The van der Waals surface area contributed by atoms with Gasteiger partial charge in [-0.2, -0.15) is 13.2 Å². The number of halogens is 3. The van der Waals surface area contributed by atoms with Gasteiger partial charge >= 0.3 is 6.18 Å². The zero-order valence-corrected chi connectivity index (χ0v) is 7.25. The fourth-order valence-electron chi connectivity index (χ4n) is 0.842. The van der Waals surface area contributed by atoms with Crippen LogP contribution in [0.15, 0.2) is 18.3 Å². The van der Waals surface area contributed by atoms with Crippen LogP contribution < -0.4 is 4.74 Å². The van der Waals surface area contributed by atoms with Crippen LogP contribution in [0.2, 0.25) is 0 Å². The van der Waals surface area contributed by atoms with Crippen molar-refractivity contribution in [3.05, 3.63) is 24.0 Å². The van der Waals surface area contributed by atoms with Gasteiger partial charge < -0.3 is 9.84 Å². The van der Waals surface area contributed by atoms with E-state index < -0.39 is 18.0 Å². The van der Waals surface area contributed by atoms with Gasteiger partial charge in [-0.15, -0.1) is 0 Å². The molecule has 0 spiro atoms. The highest BCUT2D eigenvalue weighted by Crippen LogP contribution is 2.31. The van der Waals surface area contributed by atoms with Gasteiger partial charge in [0.1, 0.15) is 5.75 Å². The number of aliphatic hydroxyl groups excluding tert-OH is 1. The molecule has 0 radical (unpaired) electrons. The number of aliphatic hydroxyl groups is 1. The summed E-state index contributed by atoms with van der Waals surface area (Å²) in [4.78, 5) is 3.42. The molecule has 14 heavy (non-hydrogen) atoms. The third kappa shape index (κ3) is 2.35. The average Bonchev–Trinajstić information content (AvgIpc) is 2.15. The van der Waals surface area contributed by atoms with Gasteiger partial charge in [-0.25, -0.2) is 0 Å². The Morgan fingerprint density at radius 1 is 1.43 bits per heavy atom. The lowest BCUT2D eigenvalue weighted by molar-refractivity contribution is -0.207. The van der Waals surface area contributed by atoms with Crippen molar-refractivity contribution in [2.24, 2.45) is 0 Å². The minimum atomic E-state index is -4.69. The fourth-order valence-corrected chi connectivity index (χ4v) is 0.842. The van der Waals surface area contributed by atoms with Gasteiger partial charge in [0.15, 0.2) is 6.10 Å². The molecule has 1 N–H and O–H groups in total. The molecule has 0 amide bonds. The summed E-state index contributed by atoms with van der Waals surface area (Å²) in [6.07, 6.45) is -6.13. The molecule has 0 aliphatic rings. The second kappa shape index (κ2) is 3.83. The molecule has 1 aromatic heterocycles. The molecule has 0 saturated carbocycles. The van der Waals surface area contributed by atoms with Crippen molar-refractivity contribution in [3.63, 3.8) is 0 Å². The molecule has 0 aliphatic heterocycles. The maximum absolute atomic E-state index is 12.0. The zero-order chi connectivity index (χ0) is 10.8. The smallest absolute Gasteiger partial charge is 0.420 e. The van der Waals surface area contributed by atoms with Crippen LogP contribution in [0.3, 0.4) is 0 Å². The van der Waals surface area contributed by atoms with Gasteiger partial charge in [0.05, 0.1) is 19.0 Å². The molecule has 1 atom stereocenters. The second-order valence-electron chi connectivity index (χ2n) is 2.57. The van der Waals surface area contributed by atoms with E-state index in [9.17, 15) is 13.2 Å². The van der Waals surface area contributed by atoms with E-state index >= 15 is 0 Å². The van der Waals surface area contributed by atoms with Crippen LogP contribution in [0.4, 0.5) is 13.2 Å². The minimum absolute atomic E-state index is 0.336. The molecule has 0 aliphatic carbocycles. The zero-order valence-electron chi connectivity index (χ0n) is 7.25. The molecule has 0 saturated heterocycles. The van der Waals surface area contributed by atoms with Crippen LogP contribution in [0, 0.1) is 0 Å². The minimum Gasteiger partial charge on any atom is -0.495 e. The summed E-state index contributed by atoms with van der Waals surface area (Å²) in [6.45, 7) is 0. The lowest BCUT2D eigenvalue weighted by Gasteiger charge is -2.13. The summed E-state index contributed by atoms with van der Waals surface area (Å²) >= 11 is 0. The van der Waals surface area contributed by atoms with Crippen molar-refractivity contribution in [2.75, 3.05) is 7.11 Å². The van der Waals surface area contributed by atoms with E-state index in [1.807, 2.05) is 0 Å². The van der Waals surface area contributed by atoms with E-state index in [0.29, 0.717) is 5.75 Å². The van der Waals surface area contributed by atoms with Gasteiger partial charge in [-0.3, -0.25) is 4.98 Å². The SMILES string of the molecule is COc1ccc([C@H](O)C(F)(F)F)nc1. The van der Waals surface area contributed by atoms with Crippen LogP contribution in [-0.2, 0) is 0 Å². The summed E-state index contributed by atoms with van der Waals surface area (Å²) in [5.41, 5.74) is -0.446. The predicted molar refractivity (Wildman–Crippen MR) is 41.8 cm³/mol. The summed E-state index contributed by atoms with van der Waals surface area (Å²) in [7, 11) is 1.37. The number of alkyl halides is 3. The Bertz CT molecular complexity index is 296. The first kappa shape index (κ1) is 10.8. The number of ether oxygens (including phenoxy) is 1. The highest BCUT2D eigenvalue weighted by atomic mass is 19.4. The molecule has 3 nitrogen and oxygen atoms in total. The first-order valence-electron chi connectivity index (χ1n) is 3.70. The Morgan fingerprint density at radius 3 is 2.43 bits per heavy atom. The van der Waals surface area contributed by atoms with Crippen LogP contribution in [0.25, 0.3) is 0 Å². The van der Waals surface area contributed by atoms with Gasteiger partial charge in [0.25, 0.3) is 0 Å². The van der Waals surface area contributed by atoms with Crippen molar-refractivity contribution >= 4 is 0 Å². The Hall–Kier alpha value is -1.30. The largest absolute Gasteiger partial charge is 0.495 e. The molecular weight excluding hydrogens is 199 g/mol. The summed E-state index contributed by atoms with van der Waals surface area (Å²) < 4.78 is 40.7. The van der Waals surface area contributed by atoms with Crippen molar-refractivity contribution in [2.45, 2.75) is 12.3 Å². The Balaban J connectivity index is 2.87. The van der Waals surface area contributed by atoms with E-state index in [-0.39, 0.29) is 0 Å². The number of pyridine rings is 1. The fraction of sp³-hybridized carbons (Fsp3) is 0.375. The predicted octanol–water partition coefficient (Wildman–Crippen LogP) is 1.69.